The van der Waals surface area contributed by atoms with E-state index in [-0.39, 0.29) is 24.1 Å². The highest BCUT2D eigenvalue weighted by molar-refractivity contribution is 7.13. The zero-order chi connectivity index (χ0) is 20.1. The molecular weight excluding hydrogens is 376 g/mol. The van der Waals surface area contributed by atoms with Crippen LogP contribution < -0.4 is 11.1 Å². The molecule has 10 heteroatoms. The predicted octanol–water partition coefficient (Wildman–Crippen LogP) is 2.30. The van der Waals surface area contributed by atoms with E-state index in [2.05, 4.69) is 31.4 Å². The van der Waals surface area contributed by atoms with E-state index in [0.29, 0.717) is 22.9 Å². The van der Waals surface area contributed by atoms with Gasteiger partial charge < -0.3 is 5.73 Å². The van der Waals surface area contributed by atoms with Gasteiger partial charge >= 0.3 is 0 Å². The second-order valence-corrected chi connectivity index (χ2v) is 8.16. The maximum Gasteiger partial charge on any atom is 0.278 e. The SMILES string of the molecule is Cc1csc(NC(=O)c2nn(CC#N)c3c2C(C)(C)Cc2cnc(N)nc2-3)n1. The van der Waals surface area contributed by atoms with E-state index in [0.717, 1.165) is 16.8 Å². The van der Waals surface area contributed by atoms with Crippen molar-refractivity contribution in [2.45, 2.75) is 39.2 Å². The molecule has 142 valence electrons. The minimum Gasteiger partial charge on any atom is -0.368 e. The number of amides is 1. The maximum atomic E-state index is 13.0. The van der Waals surface area contributed by atoms with Crippen LogP contribution in [0.2, 0.25) is 0 Å². The Labute approximate surface area is 165 Å². The first kappa shape index (κ1) is 18.1. The van der Waals surface area contributed by atoms with Crippen molar-refractivity contribution in [1.29, 1.82) is 5.26 Å². The van der Waals surface area contributed by atoms with E-state index in [9.17, 15) is 10.1 Å². The molecule has 9 nitrogen and oxygen atoms in total. The number of nitrogen functional groups attached to an aromatic ring is 1. The summed E-state index contributed by atoms with van der Waals surface area (Å²) in [6, 6.07) is 2.10. The van der Waals surface area contributed by atoms with E-state index in [4.69, 9.17) is 5.73 Å². The maximum absolute atomic E-state index is 13.0. The molecule has 0 spiro atoms. The van der Waals surface area contributed by atoms with Crippen molar-refractivity contribution in [1.82, 2.24) is 24.7 Å². The zero-order valence-corrected chi connectivity index (χ0v) is 16.5. The Morgan fingerprint density at radius 3 is 2.93 bits per heavy atom. The third-order valence-electron chi connectivity index (χ3n) is 4.64. The number of nitriles is 1. The van der Waals surface area contributed by atoms with Crippen LogP contribution in [-0.4, -0.2) is 30.6 Å². The van der Waals surface area contributed by atoms with Crippen molar-refractivity contribution in [2.24, 2.45) is 0 Å². The van der Waals surface area contributed by atoms with Gasteiger partial charge in [0.15, 0.2) is 10.8 Å². The molecular formula is C18H18N8OS. The van der Waals surface area contributed by atoms with Crippen molar-refractivity contribution < 1.29 is 4.79 Å². The summed E-state index contributed by atoms with van der Waals surface area (Å²) in [5.41, 5.74) is 9.42. The third kappa shape index (κ3) is 2.90. The van der Waals surface area contributed by atoms with Crippen LogP contribution in [0.1, 0.15) is 41.2 Å². The van der Waals surface area contributed by atoms with E-state index in [1.807, 2.05) is 26.2 Å². The van der Waals surface area contributed by atoms with Gasteiger partial charge in [-0.15, -0.1) is 11.3 Å². The summed E-state index contributed by atoms with van der Waals surface area (Å²) < 4.78 is 1.52. The number of anilines is 2. The molecule has 0 atom stereocenters. The van der Waals surface area contributed by atoms with Crippen LogP contribution in [0.4, 0.5) is 11.1 Å². The van der Waals surface area contributed by atoms with Gasteiger partial charge in [0.2, 0.25) is 5.95 Å². The van der Waals surface area contributed by atoms with Gasteiger partial charge in [-0.25, -0.2) is 19.6 Å². The number of hydrogen-bond acceptors (Lipinski definition) is 8. The van der Waals surface area contributed by atoms with Crippen LogP contribution in [0.25, 0.3) is 11.4 Å². The average molecular weight is 394 g/mol. The highest BCUT2D eigenvalue weighted by Gasteiger charge is 2.40. The smallest absolute Gasteiger partial charge is 0.278 e. The summed E-state index contributed by atoms with van der Waals surface area (Å²) in [6.07, 6.45) is 2.33. The second-order valence-electron chi connectivity index (χ2n) is 7.30. The first-order chi connectivity index (χ1) is 13.3. The van der Waals surface area contributed by atoms with E-state index in [1.165, 1.54) is 16.0 Å². The lowest BCUT2D eigenvalue weighted by molar-refractivity contribution is 0.101. The van der Waals surface area contributed by atoms with E-state index in [1.54, 1.807) is 6.20 Å². The summed E-state index contributed by atoms with van der Waals surface area (Å²) in [5, 5.41) is 18.9. The minimum atomic E-state index is -0.402. The second kappa shape index (κ2) is 6.38. The normalized spacial score (nSPS) is 14.1. The number of nitrogens with two attached hydrogens (primary N) is 1. The number of aromatic nitrogens is 5. The Morgan fingerprint density at radius 1 is 1.46 bits per heavy atom. The van der Waals surface area contributed by atoms with Gasteiger partial charge in [-0.2, -0.15) is 10.4 Å². The standard InChI is InChI=1S/C18H18N8OS/c1-9-8-28-17(22-9)24-15(27)13-11-14(26(25-13)5-4-19)12-10(6-18(11,2)3)7-21-16(20)23-12/h7-8H,5-6H2,1-3H3,(H2,20,21,23)(H,22,24,27). The van der Waals surface area contributed by atoms with Gasteiger partial charge in [0.25, 0.3) is 5.91 Å². The molecule has 0 aliphatic heterocycles. The van der Waals surface area contributed by atoms with Crippen molar-refractivity contribution in [3.63, 3.8) is 0 Å². The molecule has 28 heavy (non-hydrogen) atoms. The highest BCUT2D eigenvalue weighted by atomic mass is 32.1. The number of nitrogens with zero attached hydrogens (tertiary/aromatic N) is 6. The molecule has 3 aromatic heterocycles. The Kier molecular flexibility index (Phi) is 4.12. The third-order valence-corrected chi connectivity index (χ3v) is 5.52. The molecule has 0 saturated carbocycles. The fourth-order valence-corrected chi connectivity index (χ4v) is 4.25. The number of fused-ring (bicyclic) bond motifs is 3. The summed E-state index contributed by atoms with van der Waals surface area (Å²) in [5.74, 6) is -0.223. The van der Waals surface area contributed by atoms with Gasteiger partial charge in [-0.05, 0) is 24.3 Å². The van der Waals surface area contributed by atoms with Gasteiger partial charge in [0.05, 0.1) is 23.2 Å². The van der Waals surface area contributed by atoms with Crippen LogP contribution in [0, 0.1) is 18.3 Å². The van der Waals surface area contributed by atoms with Gasteiger partial charge in [-0.1, -0.05) is 13.8 Å². The summed E-state index contributed by atoms with van der Waals surface area (Å²) >= 11 is 1.35. The number of hydrogen-bond donors (Lipinski definition) is 2. The summed E-state index contributed by atoms with van der Waals surface area (Å²) in [4.78, 5) is 25.8. The number of rotatable bonds is 3. The van der Waals surface area contributed by atoms with Crippen molar-refractivity contribution >= 4 is 28.3 Å². The van der Waals surface area contributed by atoms with Gasteiger partial charge in [-0.3, -0.25) is 10.1 Å². The van der Waals surface area contributed by atoms with E-state index < -0.39 is 5.41 Å². The number of carbonyl (C=O) groups is 1. The Balaban J connectivity index is 1.89. The monoisotopic (exact) mass is 394 g/mol. The van der Waals surface area contributed by atoms with Crippen LogP contribution in [-0.2, 0) is 18.4 Å². The number of carbonyl (C=O) groups excluding carboxylic acids is 1. The summed E-state index contributed by atoms with van der Waals surface area (Å²) in [7, 11) is 0. The van der Waals surface area contributed by atoms with Crippen molar-refractivity contribution in [3.05, 3.63) is 34.1 Å². The molecule has 0 fully saturated rings. The van der Waals surface area contributed by atoms with E-state index >= 15 is 0 Å². The van der Waals surface area contributed by atoms with Gasteiger partial charge in [0, 0.05) is 17.1 Å². The fraction of sp³-hybridized carbons (Fsp3) is 0.333. The van der Waals surface area contributed by atoms with Crippen molar-refractivity contribution in [2.75, 3.05) is 11.1 Å². The molecule has 1 aliphatic carbocycles. The molecule has 3 N–H and O–H groups in total. The van der Waals surface area contributed by atoms with Gasteiger partial charge in [0.1, 0.15) is 6.54 Å². The number of thiazole rings is 1. The topological polar surface area (TPSA) is 135 Å². The average Bonchev–Trinajstić information content (AvgIpc) is 3.20. The molecule has 1 amide bonds. The molecule has 4 rings (SSSR count). The summed E-state index contributed by atoms with van der Waals surface area (Å²) in [6.45, 7) is 5.92. The van der Waals surface area contributed by atoms with Crippen LogP contribution in [0.5, 0.6) is 0 Å². The lowest BCUT2D eigenvalue weighted by atomic mass is 9.73. The lowest BCUT2D eigenvalue weighted by Gasteiger charge is -2.31. The molecule has 1 aliphatic rings. The Bertz CT molecular complexity index is 1140. The largest absolute Gasteiger partial charge is 0.368 e. The van der Waals surface area contributed by atoms with Crippen molar-refractivity contribution in [3.8, 4) is 17.5 Å². The van der Waals surface area contributed by atoms with Crippen LogP contribution in [0.15, 0.2) is 11.6 Å². The molecule has 0 bridgehead atoms. The molecule has 0 aromatic carbocycles. The first-order valence-electron chi connectivity index (χ1n) is 8.63. The van der Waals surface area contributed by atoms with Crippen LogP contribution in [0.3, 0.4) is 0 Å². The highest BCUT2D eigenvalue weighted by Crippen LogP contribution is 2.44. The molecule has 0 unspecified atom stereocenters. The molecule has 0 radical (unpaired) electrons. The minimum absolute atomic E-state index is 0.00853. The number of nitrogens with one attached hydrogen (secondary N) is 1. The lowest BCUT2D eigenvalue weighted by Crippen LogP contribution is -2.29. The zero-order valence-electron chi connectivity index (χ0n) is 15.6. The molecule has 3 aromatic rings. The Morgan fingerprint density at radius 2 is 2.25 bits per heavy atom. The quantitative estimate of drug-likeness (QED) is 0.695. The molecule has 3 heterocycles. The first-order valence-corrected chi connectivity index (χ1v) is 9.51. The number of aryl methyl sites for hydroxylation is 1. The predicted molar refractivity (Wildman–Crippen MR) is 105 cm³/mol. The van der Waals surface area contributed by atoms with Crippen LogP contribution >= 0.6 is 11.3 Å². The Hall–Kier alpha value is -3.32. The molecule has 0 saturated heterocycles. The fourth-order valence-electron chi connectivity index (χ4n) is 3.57.